The van der Waals surface area contributed by atoms with Crippen molar-refractivity contribution in [3.05, 3.63) is 50.6 Å². The van der Waals surface area contributed by atoms with Crippen molar-refractivity contribution in [2.24, 2.45) is 18.4 Å². The number of nitrogens with one attached hydrogen (secondary N) is 1. The van der Waals surface area contributed by atoms with Crippen LogP contribution < -0.4 is 15.6 Å². The highest BCUT2D eigenvalue weighted by Crippen LogP contribution is 2.70. The van der Waals surface area contributed by atoms with Crippen LogP contribution in [0, 0.1) is 23.2 Å². The maximum absolute atomic E-state index is 13.1. The number of hydrogen-bond acceptors (Lipinski definition) is 7. The average Bonchev–Trinajstić information content (AvgIpc) is 3.67. The van der Waals surface area contributed by atoms with Crippen LogP contribution in [0.1, 0.15) is 34.6 Å². The maximum atomic E-state index is 13.1. The summed E-state index contributed by atoms with van der Waals surface area (Å²) in [5.74, 6) is 5.64. The summed E-state index contributed by atoms with van der Waals surface area (Å²) in [5, 5.41) is 11.2. The summed E-state index contributed by atoms with van der Waals surface area (Å²) >= 11 is 7.07. The highest BCUT2D eigenvalue weighted by Gasteiger charge is 2.62. The minimum Gasteiger partial charge on any atom is -0.433 e. The van der Waals surface area contributed by atoms with Gasteiger partial charge in [-0.1, -0.05) is 28.9 Å². The third kappa shape index (κ3) is 4.51. The van der Waals surface area contributed by atoms with Crippen molar-refractivity contribution in [3.63, 3.8) is 0 Å². The number of ether oxygens (including phenoxy) is 1. The first kappa shape index (κ1) is 22.4. The van der Waals surface area contributed by atoms with Gasteiger partial charge in [0.15, 0.2) is 10.8 Å². The third-order valence-corrected chi connectivity index (χ3v) is 6.85. The molecule has 1 amide bonds. The smallest absolute Gasteiger partial charge is 0.387 e. The molecular weight excluding hydrogens is 488 g/mol. The molecule has 5 rings (SSSR count). The molecule has 0 radical (unpaired) electrons. The summed E-state index contributed by atoms with van der Waals surface area (Å²) in [6.45, 7) is -3.13. The molecule has 1 spiro atoms. The lowest BCUT2D eigenvalue weighted by molar-refractivity contribution is -0.0496. The molecule has 8 nitrogen and oxygen atoms in total. The van der Waals surface area contributed by atoms with Gasteiger partial charge < -0.3 is 9.30 Å². The molecule has 0 bridgehead atoms. The van der Waals surface area contributed by atoms with E-state index in [4.69, 9.17) is 11.6 Å². The molecule has 2 fully saturated rings. The van der Waals surface area contributed by atoms with E-state index in [9.17, 15) is 18.4 Å². The van der Waals surface area contributed by atoms with E-state index in [1.165, 1.54) is 36.7 Å². The largest absolute Gasteiger partial charge is 0.433 e. The Morgan fingerprint density at radius 2 is 2.15 bits per heavy atom. The van der Waals surface area contributed by atoms with Crippen molar-refractivity contribution in [2.75, 3.05) is 5.32 Å². The molecule has 174 valence electrons. The van der Waals surface area contributed by atoms with E-state index in [1.54, 1.807) is 0 Å². The van der Waals surface area contributed by atoms with Gasteiger partial charge in [0.2, 0.25) is 5.13 Å². The first-order valence-electron chi connectivity index (χ1n) is 10.2. The number of nitrogens with zero attached hydrogens (tertiary/aromatic N) is 4. The molecule has 1 unspecified atom stereocenters. The number of alkyl halides is 2. The molecule has 34 heavy (non-hydrogen) atoms. The van der Waals surface area contributed by atoms with Crippen LogP contribution in [-0.2, 0) is 7.05 Å². The van der Waals surface area contributed by atoms with Gasteiger partial charge in [-0.25, -0.2) is 4.98 Å². The van der Waals surface area contributed by atoms with Crippen molar-refractivity contribution in [3.8, 4) is 28.7 Å². The predicted octanol–water partition coefficient (Wildman–Crippen LogP) is 3.96. The van der Waals surface area contributed by atoms with E-state index in [0.29, 0.717) is 16.3 Å². The molecule has 3 aromatic rings. The summed E-state index contributed by atoms with van der Waals surface area (Å²) in [4.78, 5) is 29.1. The van der Waals surface area contributed by atoms with Gasteiger partial charge in [0.1, 0.15) is 5.15 Å². The number of hydrogen-bond donors (Lipinski definition) is 1. The number of halogens is 3. The summed E-state index contributed by atoms with van der Waals surface area (Å²) < 4.78 is 31.6. The van der Waals surface area contributed by atoms with E-state index >= 15 is 0 Å². The fourth-order valence-corrected chi connectivity index (χ4v) is 4.51. The molecule has 0 aliphatic heterocycles. The first-order valence-corrected chi connectivity index (χ1v) is 11.4. The average molecular weight is 504 g/mol. The molecule has 12 heteroatoms. The molecule has 3 aromatic heterocycles. The van der Waals surface area contributed by atoms with Crippen molar-refractivity contribution in [1.29, 1.82) is 0 Å². The van der Waals surface area contributed by atoms with Crippen molar-refractivity contribution in [2.45, 2.75) is 25.9 Å². The topological polar surface area (TPSA) is 99.0 Å². The molecule has 3 heterocycles. The Bertz CT molecular complexity index is 1420. The van der Waals surface area contributed by atoms with Gasteiger partial charge in [0.05, 0.1) is 11.8 Å². The minimum atomic E-state index is -3.13. The number of aryl methyl sites for hydroxylation is 1. The predicted molar refractivity (Wildman–Crippen MR) is 121 cm³/mol. The van der Waals surface area contributed by atoms with Gasteiger partial charge in [0.25, 0.3) is 11.5 Å². The Balaban J connectivity index is 1.44. The van der Waals surface area contributed by atoms with Crippen molar-refractivity contribution < 1.29 is 18.3 Å². The third-order valence-electron chi connectivity index (χ3n) is 5.89. The summed E-state index contributed by atoms with van der Waals surface area (Å²) in [6.07, 6.45) is 5.95. The Hall–Kier alpha value is -3.36. The Kier molecular flexibility index (Phi) is 5.58. The number of rotatable bonds is 5. The number of amides is 1. The number of anilines is 1. The Morgan fingerprint density at radius 1 is 1.35 bits per heavy atom. The van der Waals surface area contributed by atoms with Crippen LogP contribution in [0.2, 0.25) is 5.15 Å². The molecular formula is C22H16ClF2N5O3S. The van der Waals surface area contributed by atoms with E-state index < -0.39 is 18.1 Å². The molecule has 0 aromatic carbocycles. The zero-order valence-electron chi connectivity index (χ0n) is 17.6. The van der Waals surface area contributed by atoms with Gasteiger partial charge in [-0.2, -0.15) is 8.78 Å². The highest BCUT2D eigenvalue weighted by atomic mass is 35.5. The Labute approximate surface area is 201 Å². The standard InChI is InChI=1S/C22H16ClF2N5O3S/c1-30-10-14(12-6-16(23)26-9-15(12)33-20(24)25)13(7-18(30)31)19(32)27-21-29-28-17(34-21)3-2-11-8-22(11)4-5-22/h6-7,9-11,20H,4-5,8H2,1H3,(H,27,29,32). The quantitative estimate of drug-likeness (QED) is 0.418. The molecule has 2 aliphatic carbocycles. The number of carbonyl (C=O) groups excluding carboxylic acids is 1. The van der Waals surface area contributed by atoms with Crippen molar-refractivity contribution >= 4 is 34.0 Å². The van der Waals surface area contributed by atoms with Gasteiger partial charge >= 0.3 is 6.61 Å². The zero-order chi connectivity index (χ0) is 24.0. The van der Waals surface area contributed by atoms with Crippen LogP contribution >= 0.6 is 22.9 Å². The van der Waals surface area contributed by atoms with Gasteiger partial charge in [-0.05, 0) is 36.7 Å². The normalized spacial score (nSPS) is 17.3. The van der Waals surface area contributed by atoms with Crippen LogP contribution in [0.4, 0.5) is 13.9 Å². The maximum Gasteiger partial charge on any atom is 0.387 e. The van der Waals surface area contributed by atoms with Crippen molar-refractivity contribution in [1.82, 2.24) is 19.7 Å². The van der Waals surface area contributed by atoms with Crippen LogP contribution in [0.3, 0.4) is 0 Å². The summed E-state index contributed by atoms with van der Waals surface area (Å²) in [7, 11) is 1.46. The number of aromatic nitrogens is 4. The fraction of sp³-hybridized carbons (Fsp3) is 0.318. The van der Waals surface area contributed by atoms with Crippen LogP contribution in [0.25, 0.3) is 11.1 Å². The monoisotopic (exact) mass is 503 g/mol. The lowest BCUT2D eigenvalue weighted by atomic mass is 10.0. The fourth-order valence-electron chi connectivity index (χ4n) is 3.75. The second kappa shape index (κ2) is 8.45. The second-order valence-corrected chi connectivity index (χ2v) is 9.55. The van der Waals surface area contributed by atoms with E-state index in [2.05, 4.69) is 37.1 Å². The van der Waals surface area contributed by atoms with Crippen LogP contribution in [-0.4, -0.2) is 32.3 Å². The number of carbonyl (C=O) groups is 1. The highest BCUT2D eigenvalue weighted by molar-refractivity contribution is 7.15. The summed E-state index contributed by atoms with van der Waals surface area (Å²) in [6, 6.07) is 2.37. The second-order valence-electron chi connectivity index (χ2n) is 8.19. The van der Waals surface area contributed by atoms with Crippen LogP contribution in [0.15, 0.2) is 29.3 Å². The lowest BCUT2D eigenvalue weighted by Crippen LogP contribution is -2.22. The SMILES string of the molecule is Cn1cc(-c2cc(Cl)ncc2OC(F)F)c(C(=O)Nc2nnc(C#CC3CC34CC4)s2)cc1=O. The Morgan fingerprint density at radius 3 is 2.85 bits per heavy atom. The van der Waals surface area contributed by atoms with E-state index in [0.717, 1.165) is 30.0 Å². The molecule has 2 aliphatic rings. The van der Waals surface area contributed by atoms with Gasteiger partial charge in [-0.15, -0.1) is 10.2 Å². The molecule has 0 saturated heterocycles. The van der Waals surface area contributed by atoms with Gasteiger partial charge in [-0.3, -0.25) is 14.9 Å². The molecule has 1 atom stereocenters. The van der Waals surface area contributed by atoms with Crippen LogP contribution in [0.5, 0.6) is 5.75 Å². The lowest BCUT2D eigenvalue weighted by Gasteiger charge is -2.15. The zero-order valence-corrected chi connectivity index (χ0v) is 19.2. The minimum absolute atomic E-state index is 0.00666. The summed E-state index contributed by atoms with van der Waals surface area (Å²) in [5.41, 5.74) is 0.109. The van der Waals surface area contributed by atoms with Gasteiger partial charge in [0, 0.05) is 36.4 Å². The molecule has 1 N–H and O–H groups in total. The van der Waals surface area contributed by atoms with E-state index in [1.807, 2.05) is 0 Å². The van der Waals surface area contributed by atoms with E-state index in [-0.39, 0.29) is 32.7 Å². The first-order chi connectivity index (χ1) is 16.2. The molecule has 2 saturated carbocycles. The number of pyridine rings is 2.